The van der Waals surface area contributed by atoms with Gasteiger partial charge in [-0.1, -0.05) is 15.9 Å². The lowest BCUT2D eigenvalue weighted by Crippen LogP contribution is -2.19. The second kappa shape index (κ2) is 6.58. The van der Waals surface area contributed by atoms with Crippen molar-refractivity contribution < 1.29 is 9.90 Å². The Hall–Kier alpha value is -1.80. The first-order chi connectivity index (χ1) is 9.58. The summed E-state index contributed by atoms with van der Waals surface area (Å²) in [5.74, 6) is -0.450. The summed E-state index contributed by atoms with van der Waals surface area (Å²) in [6.45, 7) is 0. The standard InChI is InChI=1S/C12H8Br2N4O2/c13-8-3-7(11(19)9(14)4-8)5-17-18-12(20)10-6-15-1-2-16-10/h1-6,19H,(H,18,20)/b17-5-. The molecule has 0 saturated heterocycles. The maximum atomic E-state index is 11.6. The molecule has 0 saturated carbocycles. The number of carbonyl (C=O) groups is 1. The van der Waals surface area contributed by atoms with E-state index in [1.807, 2.05) is 0 Å². The lowest BCUT2D eigenvalue weighted by molar-refractivity contribution is 0.0949. The van der Waals surface area contributed by atoms with Crippen LogP contribution >= 0.6 is 31.9 Å². The molecule has 1 aromatic carbocycles. The lowest BCUT2D eigenvalue weighted by Gasteiger charge is -2.03. The number of amides is 1. The smallest absolute Gasteiger partial charge is 0.291 e. The summed E-state index contributed by atoms with van der Waals surface area (Å²) in [5.41, 5.74) is 2.91. The summed E-state index contributed by atoms with van der Waals surface area (Å²) in [7, 11) is 0. The van der Waals surface area contributed by atoms with Gasteiger partial charge in [0.2, 0.25) is 0 Å². The first-order valence-corrected chi connectivity index (χ1v) is 6.94. The van der Waals surface area contributed by atoms with Crippen LogP contribution in [0.4, 0.5) is 0 Å². The Morgan fingerprint density at radius 3 is 2.85 bits per heavy atom. The Morgan fingerprint density at radius 1 is 1.35 bits per heavy atom. The van der Waals surface area contributed by atoms with Crippen LogP contribution in [0.2, 0.25) is 0 Å². The second-order valence-corrected chi connectivity index (χ2v) is 5.39. The Morgan fingerprint density at radius 2 is 2.15 bits per heavy atom. The van der Waals surface area contributed by atoms with Crippen molar-refractivity contribution in [3.05, 3.63) is 50.9 Å². The van der Waals surface area contributed by atoms with Crippen molar-refractivity contribution in [2.45, 2.75) is 0 Å². The van der Waals surface area contributed by atoms with E-state index in [9.17, 15) is 9.90 Å². The second-order valence-electron chi connectivity index (χ2n) is 3.62. The monoisotopic (exact) mass is 398 g/mol. The number of rotatable bonds is 3. The van der Waals surface area contributed by atoms with E-state index in [2.05, 4.69) is 52.4 Å². The molecule has 2 N–H and O–H groups in total. The number of phenolic OH excluding ortho intramolecular Hbond substituents is 1. The summed E-state index contributed by atoms with van der Waals surface area (Å²) in [6, 6.07) is 3.36. The van der Waals surface area contributed by atoms with Gasteiger partial charge in [0.1, 0.15) is 11.4 Å². The van der Waals surface area contributed by atoms with Crippen LogP contribution < -0.4 is 5.43 Å². The zero-order valence-corrected chi connectivity index (χ0v) is 13.1. The third kappa shape index (κ3) is 3.61. The molecule has 0 fully saturated rings. The van der Waals surface area contributed by atoms with Gasteiger partial charge in [-0.25, -0.2) is 10.4 Å². The molecular weight excluding hydrogens is 392 g/mol. The fourth-order valence-electron chi connectivity index (χ4n) is 1.32. The molecule has 0 radical (unpaired) electrons. The molecule has 0 spiro atoms. The van der Waals surface area contributed by atoms with Gasteiger partial charge in [-0.15, -0.1) is 0 Å². The molecule has 0 bridgehead atoms. The zero-order chi connectivity index (χ0) is 14.5. The van der Waals surface area contributed by atoms with Crippen molar-refractivity contribution in [2.24, 2.45) is 5.10 Å². The van der Waals surface area contributed by atoms with Crippen molar-refractivity contribution in [3.63, 3.8) is 0 Å². The minimum atomic E-state index is -0.483. The number of aromatic nitrogens is 2. The summed E-state index contributed by atoms with van der Waals surface area (Å²) in [6.07, 6.45) is 5.55. The van der Waals surface area contributed by atoms with Gasteiger partial charge in [0, 0.05) is 22.4 Å². The molecule has 2 aromatic rings. The van der Waals surface area contributed by atoms with E-state index in [0.717, 1.165) is 4.47 Å². The van der Waals surface area contributed by atoms with Gasteiger partial charge in [-0.05, 0) is 28.1 Å². The number of nitrogens with one attached hydrogen (secondary N) is 1. The number of hydrogen-bond acceptors (Lipinski definition) is 5. The van der Waals surface area contributed by atoms with Crippen molar-refractivity contribution in [2.75, 3.05) is 0 Å². The predicted octanol–water partition coefficient (Wildman–Crippen LogP) is 2.47. The number of hydrogen-bond donors (Lipinski definition) is 2. The third-order valence-electron chi connectivity index (χ3n) is 2.22. The molecule has 0 unspecified atom stereocenters. The summed E-state index contributed by atoms with van der Waals surface area (Å²) in [4.78, 5) is 19.3. The highest BCUT2D eigenvalue weighted by Gasteiger charge is 2.07. The number of aromatic hydroxyl groups is 1. The Kier molecular flexibility index (Phi) is 4.80. The summed E-state index contributed by atoms with van der Waals surface area (Å²) in [5, 5.41) is 13.6. The van der Waals surface area contributed by atoms with Crippen molar-refractivity contribution in [3.8, 4) is 5.75 Å². The average molecular weight is 400 g/mol. The Bertz CT molecular complexity index is 662. The summed E-state index contributed by atoms with van der Waals surface area (Å²) >= 11 is 6.50. The molecule has 0 aliphatic heterocycles. The van der Waals surface area contributed by atoms with Crippen LogP contribution in [0.25, 0.3) is 0 Å². The number of benzene rings is 1. The number of phenols is 1. The van der Waals surface area contributed by atoms with Crippen LogP contribution in [0.15, 0.2) is 44.8 Å². The van der Waals surface area contributed by atoms with Crippen LogP contribution in [-0.4, -0.2) is 27.2 Å². The van der Waals surface area contributed by atoms with Crippen molar-refractivity contribution >= 4 is 44.0 Å². The van der Waals surface area contributed by atoms with Gasteiger partial charge in [-0.3, -0.25) is 9.78 Å². The highest BCUT2D eigenvalue weighted by atomic mass is 79.9. The fraction of sp³-hybridized carbons (Fsp3) is 0. The van der Waals surface area contributed by atoms with Gasteiger partial charge in [0.25, 0.3) is 5.91 Å². The van der Waals surface area contributed by atoms with Crippen molar-refractivity contribution in [1.29, 1.82) is 0 Å². The van der Waals surface area contributed by atoms with Gasteiger partial charge in [0.05, 0.1) is 16.9 Å². The van der Waals surface area contributed by atoms with Crippen LogP contribution in [-0.2, 0) is 0 Å². The Labute approximate surface area is 131 Å². The van der Waals surface area contributed by atoms with E-state index in [1.165, 1.54) is 24.8 Å². The van der Waals surface area contributed by atoms with E-state index >= 15 is 0 Å². The molecule has 0 aliphatic carbocycles. The highest BCUT2D eigenvalue weighted by Crippen LogP contribution is 2.30. The van der Waals surface area contributed by atoms with E-state index in [0.29, 0.717) is 10.0 Å². The van der Waals surface area contributed by atoms with E-state index < -0.39 is 5.91 Å². The van der Waals surface area contributed by atoms with E-state index in [4.69, 9.17) is 0 Å². The van der Waals surface area contributed by atoms with E-state index in [-0.39, 0.29) is 11.4 Å². The molecule has 6 nitrogen and oxygen atoms in total. The summed E-state index contributed by atoms with van der Waals surface area (Å²) < 4.78 is 1.29. The molecule has 0 atom stereocenters. The number of carbonyl (C=O) groups excluding carboxylic acids is 1. The first kappa shape index (κ1) is 14.6. The van der Waals surface area contributed by atoms with Gasteiger partial charge < -0.3 is 5.11 Å². The van der Waals surface area contributed by atoms with Gasteiger partial charge in [-0.2, -0.15) is 5.10 Å². The molecule has 102 valence electrons. The quantitative estimate of drug-likeness (QED) is 0.613. The highest BCUT2D eigenvalue weighted by molar-refractivity contribution is 9.11. The molecule has 1 heterocycles. The lowest BCUT2D eigenvalue weighted by atomic mass is 10.2. The molecule has 1 amide bonds. The van der Waals surface area contributed by atoms with Crippen LogP contribution in [0.5, 0.6) is 5.75 Å². The predicted molar refractivity (Wildman–Crippen MR) is 80.6 cm³/mol. The maximum Gasteiger partial charge on any atom is 0.291 e. The normalized spacial score (nSPS) is 10.7. The number of hydrazone groups is 1. The number of halogens is 2. The maximum absolute atomic E-state index is 11.6. The molecule has 1 aromatic heterocycles. The third-order valence-corrected chi connectivity index (χ3v) is 3.29. The topological polar surface area (TPSA) is 87.5 Å². The minimum Gasteiger partial charge on any atom is -0.506 e. The SMILES string of the molecule is O=C(N/N=C\c1cc(Br)cc(Br)c1O)c1cnccn1. The minimum absolute atomic E-state index is 0.0331. The van der Waals surface area contributed by atoms with E-state index in [1.54, 1.807) is 12.1 Å². The van der Waals surface area contributed by atoms with Gasteiger partial charge in [0.15, 0.2) is 0 Å². The molecule has 2 rings (SSSR count). The largest absolute Gasteiger partial charge is 0.506 e. The van der Waals surface area contributed by atoms with Gasteiger partial charge >= 0.3 is 0 Å². The molecule has 0 aliphatic rings. The zero-order valence-electron chi connectivity index (χ0n) is 9.92. The number of nitrogens with zero attached hydrogens (tertiary/aromatic N) is 3. The van der Waals surface area contributed by atoms with Crippen LogP contribution in [0.3, 0.4) is 0 Å². The van der Waals surface area contributed by atoms with Crippen LogP contribution in [0, 0.1) is 0 Å². The molecular formula is C12H8Br2N4O2. The van der Waals surface area contributed by atoms with Crippen LogP contribution in [0.1, 0.15) is 16.1 Å². The van der Waals surface area contributed by atoms with Crippen molar-refractivity contribution in [1.82, 2.24) is 15.4 Å². The fourth-order valence-corrected chi connectivity index (χ4v) is 2.58. The molecule has 8 heteroatoms. The Balaban J connectivity index is 2.10. The first-order valence-electron chi connectivity index (χ1n) is 5.35. The average Bonchev–Trinajstić information content (AvgIpc) is 2.44. The molecule has 20 heavy (non-hydrogen) atoms.